The predicted octanol–water partition coefficient (Wildman–Crippen LogP) is 5.38. The van der Waals surface area contributed by atoms with Crippen LogP contribution in [0.25, 0.3) is 22.0 Å². The van der Waals surface area contributed by atoms with Crippen LogP contribution in [0.5, 0.6) is 11.5 Å². The van der Waals surface area contributed by atoms with Crippen molar-refractivity contribution < 1.29 is 28.2 Å². The van der Waals surface area contributed by atoms with E-state index in [1.54, 1.807) is 76.4 Å². The molecule has 1 heterocycles. The molecular weight excluding hydrogens is 503 g/mol. The molecule has 39 heavy (non-hydrogen) atoms. The molecule has 0 fully saturated rings. The second-order valence-electron chi connectivity index (χ2n) is 9.88. The molecule has 4 rings (SSSR count). The minimum atomic E-state index is -0.672. The van der Waals surface area contributed by atoms with Crippen LogP contribution in [0.1, 0.15) is 42.7 Å². The standard InChI is InChI=1S/C29H31FN4O5/c1-29(2,3)39-28(36)31-16-24(19-7-6-8-20(13-19)37-4)32-27(35)22-15-18(10-12-25(22)38-5)17-9-11-23-21(14-17)26(30)34-33-23/h6-15,24H,16H2,1-5H3,(H,31,36)(H,32,35)(H,33,34). The fourth-order valence-corrected chi connectivity index (χ4v) is 4.07. The van der Waals surface area contributed by atoms with Crippen LogP contribution < -0.4 is 20.1 Å². The third-order valence-electron chi connectivity index (χ3n) is 5.94. The van der Waals surface area contributed by atoms with E-state index in [1.165, 1.54) is 7.11 Å². The number of fused-ring (bicyclic) bond motifs is 1. The zero-order valence-electron chi connectivity index (χ0n) is 22.4. The maximum atomic E-state index is 14.1. The average molecular weight is 535 g/mol. The fourth-order valence-electron chi connectivity index (χ4n) is 4.07. The first kappa shape index (κ1) is 27.4. The summed E-state index contributed by atoms with van der Waals surface area (Å²) in [6.45, 7) is 5.37. The Balaban J connectivity index is 1.63. The molecule has 3 N–H and O–H groups in total. The topological polar surface area (TPSA) is 115 Å². The van der Waals surface area contributed by atoms with E-state index in [9.17, 15) is 14.0 Å². The lowest BCUT2D eigenvalue weighted by molar-refractivity contribution is 0.0519. The summed E-state index contributed by atoms with van der Waals surface area (Å²) in [4.78, 5) is 26.0. The van der Waals surface area contributed by atoms with E-state index in [4.69, 9.17) is 14.2 Å². The Hall–Kier alpha value is -4.60. The molecule has 204 valence electrons. The van der Waals surface area contributed by atoms with E-state index in [0.717, 1.165) is 5.56 Å². The first-order valence-electron chi connectivity index (χ1n) is 12.3. The second kappa shape index (κ2) is 11.4. The lowest BCUT2D eigenvalue weighted by Gasteiger charge is -2.23. The van der Waals surface area contributed by atoms with Gasteiger partial charge in [0.15, 0.2) is 0 Å². The van der Waals surface area contributed by atoms with Gasteiger partial charge >= 0.3 is 6.09 Å². The van der Waals surface area contributed by atoms with E-state index in [0.29, 0.717) is 33.5 Å². The lowest BCUT2D eigenvalue weighted by atomic mass is 10.00. The van der Waals surface area contributed by atoms with Crippen LogP contribution in [0, 0.1) is 5.95 Å². The van der Waals surface area contributed by atoms with Crippen LogP contribution in [0.3, 0.4) is 0 Å². The highest BCUT2D eigenvalue weighted by molar-refractivity contribution is 5.99. The molecule has 0 spiro atoms. The molecule has 0 saturated carbocycles. The van der Waals surface area contributed by atoms with Gasteiger partial charge in [0, 0.05) is 6.54 Å². The minimum Gasteiger partial charge on any atom is -0.497 e. The molecule has 9 nitrogen and oxygen atoms in total. The van der Waals surface area contributed by atoms with Crippen LogP contribution in [0.4, 0.5) is 9.18 Å². The number of hydrogen-bond donors (Lipinski definition) is 3. The highest BCUT2D eigenvalue weighted by atomic mass is 19.1. The van der Waals surface area contributed by atoms with Gasteiger partial charge in [-0.25, -0.2) is 4.79 Å². The second-order valence-corrected chi connectivity index (χ2v) is 9.88. The van der Waals surface area contributed by atoms with Gasteiger partial charge in [-0.05, 0) is 73.9 Å². The fraction of sp³-hybridized carbons (Fsp3) is 0.276. The number of amides is 2. The summed E-state index contributed by atoms with van der Waals surface area (Å²) in [6.07, 6.45) is -0.605. The number of ether oxygens (including phenoxy) is 3. The Morgan fingerprint density at radius 3 is 2.46 bits per heavy atom. The molecule has 0 aliphatic heterocycles. The molecule has 0 saturated heterocycles. The summed E-state index contributed by atoms with van der Waals surface area (Å²) in [6, 6.07) is 16.9. The Bertz CT molecular complexity index is 1490. The number of carbonyl (C=O) groups is 2. The molecule has 4 aromatic rings. The Kier molecular flexibility index (Phi) is 8.04. The van der Waals surface area contributed by atoms with Crippen molar-refractivity contribution in [3.8, 4) is 22.6 Å². The minimum absolute atomic E-state index is 0.0618. The van der Waals surface area contributed by atoms with Crippen molar-refractivity contribution in [3.05, 3.63) is 77.7 Å². The number of H-pyrrole nitrogens is 1. The molecule has 0 radical (unpaired) electrons. The highest BCUT2D eigenvalue weighted by Crippen LogP contribution is 2.30. The highest BCUT2D eigenvalue weighted by Gasteiger charge is 2.22. The van der Waals surface area contributed by atoms with Gasteiger partial charge in [-0.3, -0.25) is 9.89 Å². The number of aromatic amines is 1. The number of hydrogen-bond acceptors (Lipinski definition) is 6. The van der Waals surface area contributed by atoms with Crippen molar-refractivity contribution in [2.24, 2.45) is 0 Å². The van der Waals surface area contributed by atoms with E-state index in [-0.39, 0.29) is 12.1 Å². The average Bonchev–Trinajstić information content (AvgIpc) is 3.29. The lowest BCUT2D eigenvalue weighted by Crippen LogP contribution is -2.40. The summed E-state index contributed by atoms with van der Waals surface area (Å²) in [5.74, 6) is -0.0678. The third-order valence-corrected chi connectivity index (χ3v) is 5.94. The van der Waals surface area contributed by atoms with E-state index >= 15 is 0 Å². The SMILES string of the molecule is COc1cccc(C(CNC(=O)OC(C)(C)C)NC(=O)c2cc(-c3ccc4[nH]nc(F)c4c3)ccc2OC)c1. The van der Waals surface area contributed by atoms with Crippen LogP contribution in [-0.4, -0.2) is 48.6 Å². The van der Waals surface area contributed by atoms with Crippen molar-refractivity contribution >= 4 is 22.9 Å². The number of rotatable bonds is 8. The molecule has 3 aromatic carbocycles. The van der Waals surface area contributed by atoms with Gasteiger partial charge in [-0.1, -0.05) is 24.3 Å². The van der Waals surface area contributed by atoms with Crippen molar-refractivity contribution in [2.75, 3.05) is 20.8 Å². The number of benzene rings is 3. The molecule has 0 aliphatic carbocycles. The van der Waals surface area contributed by atoms with E-state index in [1.807, 2.05) is 12.1 Å². The molecule has 1 aromatic heterocycles. The van der Waals surface area contributed by atoms with Crippen molar-refractivity contribution in [3.63, 3.8) is 0 Å². The molecule has 0 aliphatic rings. The first-order valence-corrected chi connectivity index (χ1v) is 12.3. The van der Waals surface area contributed by atoms with E-state index in [2.05, 4.69) is 20.8 Å². The van der Waals surface area contributed by atoms with Crippen LogP contribution in [-0.2, 0) is 4.74 Å². The quantitative estimate of drug-likeness (QED) is 0.280. The van der Waals surface area contributed by atoms with Gasteiger partial charge in [-0.15, -0.1) is 5.10 Å². The number of methoxy groups -OCH3 is 2. The molecule has 0 bridgehead atoms. The molecule has 10 heteroatoms. The Morgan fingerprint density at radius 1 is 1.00 bits per heavy atom. The summed E-state index contributed by atoms with van der Waals surface area (Å²) < 4.78 is 30.2. The number of nitrogens with zero attached hydrogens (tertiary/aromatic N) is 1. The number of halogens is 1. The summed E-state index contributed by atoms with van der Waals surface area (Å²) in [7, 11) is 3.02. The smallest absolute Gasteiger partial charge is 0.407 e. The van der Waals surface area contributed by atoms with Crippen molar-refractivity contribution in [1.82, 2.24) is 20.8 Å². The van der Waals surface area contributed by atoms with E-state index < -0.39 is 29.6 Å². The van der Waals surface area contributed by atoms with Gasteiger partial charge in [0.2, 0.25) is 5.95 Å². The third kappa shape index (κ3) is 6.64. The zero-order chi connectivity index (χ0) is 28.2. The normalized spacial score (nSPS) is 12.1. The molecule has 1 unspecified atom stereocenters. The first-order chi connectivity index (χ1) is 18.6. The maximum Gasteiger partial charge on any atom is 0.407 e. The number of nitrogens with one attached hydrogen (secondary N) is 3. The monoisotopic (exact) mass is 534 g/mol. The molecule has 1 atom stereocenters. The van der Waals surface area contributed by atoms with Crippen LogP contribution in [0.15, 0.2) is 60.7 Å². The summed E-state index contributed by atoms with van der Waals surface area (Å²) in [5, 5.41) is 12.3. The van der Waals surface area contributed by atoms with Crippen LogP contribution >= 0.6 is 0 Å². The number of carbonyl (C=O) groups excluding carboxylic acids is 2. The molecular formula is C29H31FN4O5. The van der Waals surface area contributed by atoms with Gasteiger partial charge in [-0.2, -0.15) is 4.39 Å². The van der Waals surface area contributed by atoms with Gasteiger partial charge in [0.1, 0.15) is 17.1 Å². The maximum absolute atomic E-state index is 14.1. The predicted molar refractivity (Wildman–Crippen MR) is 145 cm³/mol. The van der Waals surface area contributed by atoms with Crippen LogP contribution in [0.2, 0.25) is 0 Å². The zero-order valence-corrected chi connectivity index (χ0v) is 22.4. The number of aromatic nitrogens is 2. The largest absolute Gasteiger partial charge is 0.497 e. The Morgan fingerprint density at radius 2 is 1.74 bits per heavy atom. The van der Waals surface area contributed by atoms with Crippen molar-refractivity contribution in [2.45, 2.75) is 32.4 Å². The summed E-state index contributed by atoms with van der Waals surface area (Å²) >= 11 is 0. The Labute approximate surface area is 225 Å². The van der Waals surface area contributed by atoms with Crippen molar-refractivity contribution in [1.29, 1.82) is 0 Å². The number of alkyl carbamates (subject to hydrolysis) is 1. The van der Waals surface area contributed by atoms with Gasteiger partial charge in [0.05, 0.1) is 36.7 Å². The van der Waals surface area contributed by atoms with Gasteiger partial charge < -0.3 is 24.8 Å². The molecule has 2 amide bonds. The summed E-state index contributed by atoms with van der Waals surface area (Å²) in [5.41, 5.74) is 2.28. The van der Waals surface area contributed by atoms with Gasteiger partial charge in [0.25, 0.3) is 5.91 Å².